The normalized spacial score (nSPS) is 11.3. The van der Waals surface area contributed by atoms with E-state index in [2.05, 4.69) is 10.3 Å². The van der Waals surface area contributed by atoms with E-state index in [0.29, 0.717) is 11.3 Å². The Labute approximate surface area is 190 Å². The Morgan fingerprint density at radius 3 is 2.38 bits per heavy atom. The van der Waals surface area contributed by atoms with Gasteiger partial charge in [0.1, 0.15) is 10.6 Å². The minimum Gasteiger partial charge on any atom is -0.462 e. The highest BCUT2D eigenvalue weighted by Gasteiger charge is 2.25. The number of hydrogen-bond donors (Lipinski definition) is 2. The predicted octanol–water partition coefficient (Wildman–Crippen LogP) is 2.51. The van der Waals surface area contributed by atoms with Crippen LogP contribution in [-0.2, 0) is 24.3 Å². The second-order valence-electron chi connectivity index (χ2n) is 6.90. The number of nitrogens with one attached hydrogen (secondary N) is 2. The third-order valence-corrected chi connectivity index (χ3v) is 6.73. The first kappa shape index (κ1) is 25.4. The summed E-state index contributed by atoms with van der Waals surface area (Å²) in [6, 6.07) is 3.96. The molecule has 2 N–H and O–H groups in total. The largest absolute Gasteiger partial charge is 0.462 e. The summed E-state index contributed by atoms with van der Waals surface area (Å²) in [4.78, 5) is 39.2. The molecule has 0 saturated heterocycles. The molecule has 0 bridgehead atoms. The fraction of sp³-hybridized carbons (Fsp3) is 0.350. The Morgan fingerprint density at radius 1 is 1.12 bits per heavy atom. The molecule has 32 heavy (non-hydrogen) atoms. The fourth-order valence-electron chi connectivity index (χ4n) is 2.84. The molecule has 0 fully saturated rings. The van der Waals surface area contributed by atoms with Gasteiger partial charge in [-0.25, -0.2) is 22.3 Å². The SMILES string of the molecule is CCOC(=O)c1c(C)[nH]c(C(=O)OCC(=O)Nc2ccc(Cl)c(S(=O)(=O)N(C)C)c2)c1C. The van der Waals surface area contributed by atoms with Gasteiger partial charge in [-0.2, -0.15) is 0 Å². The number of anilines is 1. The van der Waals surface area contributed by atoms with Crippen LogP contribution in [0.4, 0.5) is 5.69 Å². The molecule has 0 spiro atoms. The van der Waals surface area contributed by atoms with E-state index in [4.69, 9.17) is 21.1 Å². The summed E-state index contributed by atoms with van der Waals surface area (Å²) in [7, 11) is -1.11. The number of halogens is 1. The molecule has 0 aliphatic rings. The van der Waals surface area contributed by atoms with E-state index < -0.39 is 34.5 Å². The maximum absolute atomic E-state index is 12.4. The highest BCUT2D eigenvalue weighted by atomic mass is 35.5. The lowest BCUT2D eigenvalue weighted by Crippen LogP contribution is -2.24. The number of sulfonamides is 1. The molecule has 2 aromatic rings. The van der Waals surface area contributed by atoms with Crippen molar-refractivity contribution in [3.8, 4) is 0 Å². The Kier molecular flexibility index (Phi) is 8.05. The van der Waals surface area contributed by atoms with Crippen molar-refractivity contribution < 1.29 is 32.3 Å². The number of carbonyl (C=O) groups is 3. The second kappa shape index (κ2) is 10.2. The van der Waals surface area contributed by atoms with Crippen molar-refractivity contribution in [1.82, 2.24) is 9.29 Å². The van der Waals surface area contributed by atoms with E-state index in [1.54, 1.807) is 20.8 Å². The van der Waals surface area contributed by atoms with Crippen molar-refractivity contribution in [2.75, 3.05) is 32.6 Å². The zero-order valence-corrected chi connectivity index (χ0v) is 19.8. The molecule has 0 aliphatic carbocycles. The van der Waals surface area contributed by atoms with Gasteiger partial charge in [0.15, 0.2) is 6.61 Å². The van der Waals surface area contributed by atoms with Gasteiger partial charge in [-0.3, -0.25) is 4.79 Å². The van der Waals surface area contributed by atoms with E-state index in [1.165, 1.54) is 32.3 Å². The van der Waals surface area contributed by atoms with Crippen LogP contribution in [0.25, 0.3) is 0 Å². The van der Waals surface area contributed by atoms with E-state index in [9.17, 15) is 22.8 Å². The van der Waals surface area contributed by atoms with Crippen molar-refractivity contribution >= 4 is 45.2 Å². The van der Waals surface area contributed by atoms with Crippen molar-refractivity contribution in [3.63, 3.8) is 0 Å². The predicted molar refractivity (Wildman–Crippen MR) is 117 cm³/mol. The lowest BCUT2D eigenvalue weighted by atomic mass is 10.1. The van der Waals surface area contributed by atoms with Crippen molar-refractivity contribution in [1.29, 1.82) is 0 Å². The number of ether oxygens (including phenoxy) is 2. The smallest absolute Gasteiger partial charge is 0.355 e. The summed E-state index contributed by atoms with van der Waals surface area (Å²) >= 11 is 5.98. The number of nitrogens with zero attached hydrogens (tertiary/aromatic N) is 1. The van der Waals surface area contributed by atoms with Crippen molar-refractivity contribution in [3.05, 3.63) is 45.7 Å². The lowest BCUT2D eigenvalue weighted by molar-refractivity contribution is -0.119. The van der Waals surface area contributed by atoms with Crippen LogP contribution < -0.4 is 5.32 Å². The summed E-state index contributed by atoms with van der Waals surface area (Å²) in [5, 5.41) is 2.45. The van der Waals surface area contributed by atoms with Crippen LogP contribution in [0.2, 0.25) is 5.02 Å². The molecule has 0 radical (unpaired) electrons. The van der Waals surface area contributed by atoms with Crippen LogP contribution in [0, 0.1) is 13.8 Å². The molecule has 10 nitrogen and oxygen atoms in total. The molecule has 1 amide bonds. The highest BCUT2D eigenvalue weighted by Crippen LogP contribution is 2.27. The van der Waals surface area contributed by atoms with Gasteiger partial charge in [-0.1, -0.05) is 11.6 Å². The monoisotopic (exact) mass is 485 g/mol. The van der Waals surface area contributed by atoms with E-state index in [0.717, 1.165) is 4.31 Å². The number of amides is 1. The summed E-state index contributed by atoms with van der Waals surface area (Å²) < 4.78 is 35.7. The van der Waals surface area contributed by atoms with E-state index >= 15 is 0 Å². The summed E-state index contributed by atoms with van der Waals surface area (Å²) in [6.45, 7) is 4.40. The van der Waals surface area contributed by atoms with Crippen molar-refractivity contribution in [2.45, 2.75) is 25.7 Å². The summed E-state index contributed by atoms with van der Waals surface area (Å²) in [5.41, 5.74) is 1.21. The average Bonchev–Trinajstić information content (AvgIpc) is 3.01. The van der Waals surface area contributed by atoms with Gasteiger partial charge < -0.3 is 19.8 Å². The number of esters is 2. The van der Waals surface area contributed by atoms with Crippen LogP contribution in [0.3, 0.4) is 0 Å². The number of H-pyrrole nitrogens is 1. The number of aromatic amines is 1. The standard InChI is InChI=1S/C20H24ClN3O7S/c1-6-30-19(26)17-11(2)18(22-12(17)3)20(27)31-10-16(25)23-13-7-8-14(21)15(9-13)32(28,29)24(4)5/h7-9,22H,6,10H2,1-5H3,(H,23,25). The van der Waals surface area contributed by atoms with Crippen LogP contribution in [0.1, 0.15) is 39.0 Å². The van der Waals surface area contributed by atoms with Gasteiger partial charge in [-0.05, 0) is 44.5 Å². The van der Waals surface area contributed by atoms with Crippen molar-refractivity contribution in [2.24, 2.45) is 0 Å². The van der Waals surface area contributed by atoms with Crippen LogP contribution in [-0.4, -0.2) is 62.9 Å². The van der Waals surface area contributed by atoms with Gasteiger partial charge >= 0.3 is 11.9 Å². The molecule has 1 aromatic heterocycles. The Bertz CT molecular complexity index is 1160. The Balaban J connectivity index is 2.09. The highest BCUT2D eigenvalue weighted by molar-refractivity contribution is 7.89. The van der Waals surface area contributed by atoms with Crippen LogP contribution in [0.15, 0.2) is 23.1 Å². The maximum atomic E-state index is 12.4. The van der Waals surface area contributed by atoms with E-state index in [-0.39, 0.29) is 33.5 Å². The average molecular weight is 486 g/mol. The second-order valence-corrected chi connectivity index (χ2v) is 9.43. The Hall–Kier alpha value is -2.89. The van der Waals surface area contributed by atoms with E-state index in [1.807, 2.05) is 0 Å². The number of carbonyl (C=O) groups excluding carboxylic acids is 3. The third kappa shape index (κ3) is 5.47. The van der Waals surface area contributed by atoms with Crippen LogP contribution in [0.5, 0.6) is 0 Å². The molecular weight excluding hydrogens is 462 g/mol. The van der Waals surface area contributed by atoms with Crippen LogP contribution >= 0.6 is 11.6 Å². The molecule has 0 atom stereocenters. The zero-order valence-electron chi connectivity index (χ0n) is 18.2. The molecule has 0 unspecified atom stereocenters. The molecule has 1 aromatic carbocycles. The number of aromatic nitrogens is 1. The molecule has 1 heterocycles. The molecule has 174 valence electrons. The Morgan fingerprint density at radius 2 is 1.78 bits per heavy atom. The first-order valence-electron chi connectivity index (χ1n) is 9.45. The third-order valence-electron chi connectivity index (χ3n) is 4.43. The minimum absolute atomic E-state index is 0.00174. The topological polar surface area (TPSA) is 135 Å². The zero-order chi connectivity index (χ0) is 24.2. The minimum atomic E-state index is -3.82. The first-order chi connectivity index (χ1) is 14.9. The van der Waals surface area contributed by atoms with Gasteiger partial charge in [0, 0.05) is 25.5 Å². The van der Waals surface area contributed by atoms with Gasteiger partial charge in [-0.15, -0.1) is 0 Å². The number of hydrogen-bond acceptors (Lipinski definition) is 7. The summed E-state index contributed by atoms with van der Waals surface area (Å²) in [5.74, 6) is -2.09. The fourth-order valence-corrected chi connectivity index (χ4v) is 4.23. The number of aryl methyl sites for hydroxylation is 1. The number of benzene rings is 1. The molecule has 0 aliphatic heterocycles. The van der Waals surface area contributed by atoms with Gasteiger partial charge in [0.25, 0.3) is 5.91 Å². The molecule has 12 heteroatoms. The first-order valence-corrected chi connectivity index (χ1v) is 11.3. The van der Waals surface area contributed by atoms with Gasteiger partial charge in [0.2, 0.25) is 10.0 Å². The molecule has 0 saturated carbocycles. The lowest BCUT2D eigenvalue weighted by Gasteiger charge is -2.14. The number of rotatable bonds is 8. The molecular formula is C20H24ClN3O7S. The summed E-state index contributed by atoms with van der Waals surface area (Å²) in [6.07, 6.45) is 0. The molecule has 2 rings (SSSR count). The van der Waals surface area contributed by atoms with Gasteiger partial charge in [0.05, 0.1) is 17.2 Å². The quantitative estimate of drug-likeness (QED) is 0.548. The maximum Gasteiger partial charge on any atom is 0.355 e.